The molecule has 20 heavy (non-hydrogen) atoms. The van der Waals surface area contributed by atoms with Gasteiger partial charge in [-0.25, -0.2) is 4.98 Å². The number of methoxy groups -OCH3 is 1. The van der Waals surface area contributed by atoms with Crippen molar-refractivity contribution >= 4 is 23.4 Å². The van der Waals surface area contributed by atoms with Gasteiger partial charge < -0.3 is 15.4 Å². The lowest BCUT2D eigenvalue weighted by molar-refractivity contribution is 0.205. The van der Waals surface area contributed by atoms with Gasteiger partial charge in [-0.1, -0.05) is 17.7 Å². The summed E-state index contributed by atoms with van der Waals surface area (Å²) in [4.78, 5) is 14.2. The normalized spacial score (nSPS) is 10.5. The molecule has 6 nitrogen and oxygen atoms in total. The molecular formula is C13H16ClN5O. The van der Waals surface area contributed by atoms with Gasteiger partial charge in [-0.05, 0) is 11.6 Å². The van der Waals surface area contributed by atoms with Crippen LogP contribution in [0.4, 0.5) is 11.8 Å². The topological polar surface area (TPSA) is 77.2 Å². The maximum Gasteiger partial charge on any atom is 0.223 e. The molecule has 0 aromatic carbocycles. The van der Waals surface area contributed by atoms with Gasteiger partial charge in [-0.3, -0.25) is 4.98 Å². The Balaban J connectivity index is 2.22. The maximum absolute atomic E-state index is 5.93. The zero-order chi connectivity index (χ0) is 14.4. The minimum Gasteiger partial charge on any atom is -0.383 e. The van der Waals surface area contributed by atoms with Gasteiger partial charge in [0.25, 0.3) is 0 Å². The lowest BCUT2D eigenvalue weighted by Crippen LogP contribution is -2.28. The van der Waals surface area contributed by atoms with Crippen LogP contribution in [-0.2, 0) is 11.3 Å². The SMILES string of the molecule is COCCN(Cc1cccnc1)c1cc(Cl)nc(N)n1. The minimum absolute atomic E-state index is 0.154. The van der Waals surface area contributed by atoms with Crippen LogP contribution in [0.3, 0.4) is 0 Å². The van der Waals surface area contributed by atoms with Crippen molar-refractivity contribution in [3.8, 4) is 0 Å². The number of nitrogens with two attached hydrogens (primary N) is 1. The molecular weight excluding hydrogens is 278 g/mol. The van der Waals surface area contributed by atoms with E-state index in [4.69, 9.17) is 22.1 Å². The third kappa shape index (κ3) is 4.04. The van der Waals surface area contributed by atoms with Crippen molar-refractivity contribution in [2.75, 3.05) is 30.9 Å². The predicted octanol–water partition coefficient (Wildman–Crippen LogP) is 1.76. The molecule has 0 saturated carbocycles. The van der Waals surface area contributed by atoms with E-state index in [9.17, 15) is 0 Å². The summed E-state index contributed by atoms with van der Waals surface area (Å²) in [5, 5.41) is 0.320. The molecule has 0 aliphatic carbocycles. The summed E-state index contributed by atoms with van der Waals surface area (Å²) in [5.74, 6) is 0.824. The van der Waals surface area contributed by atoms with Gasteiger partial charge in [0.15, 0.2) is 0 Å². The summed E-state index contributed by atoms with van der Waals surface area (Å²) in [5.41, 5.74) is 6.71. The summed E-state index contributed by atoms with van der Waals surface area (Å²) in [7, 11) is 1.66. The van der Waals surface area contributed by atoms with Gasteiger partial charge in [0.05, 0.1) is 6.61 Å². The fraction of sp³-hybridized carbons (Fsp3) is 0.308. The fourth-order valence-corrected chi connectivity index (χ4v) is 1.96. The molecule has 0 bridgehead atoms. The molecule has 2 aromatic heterocycles. The molecule has 0 radical (unpaired) electrons. The standard InChI is InChI=1S/C13H16ClN5O/c1-20-6-5-19(9-10-3-2-4-16-8-10)12-7-11(14)17-13(15)18-12/h2-4,7-8H,5-6,9H2,1H3,(H2,15,17,18). The molecule has 0 saturated heterocycles. The van der Waals surface area contributed by atoms with Gasteiger partial charge in [0.2, 0.25) is 5.95 Å². The first-order chi connectivity index (χ1) is 9.69. The number of hydrogen-bond acceptors (Lipinski definition) is 6. The van der Waals surface area contributed by atoms with Crippen molar-refractivity contribution in [1.29, 1.82) is 0 Å². The zero-order valence-electron chi connectivity index (χ0n) is 11.2. The lowest BCUT2D eigenvalue weighted by Gasteiger charge is -2.23. The van der Waals surface area contributed by atoms with E-state index in [1.54, 1.807) is 19.4 Å². The summed E-state index contributed by atoms with van der Waals surface area (Å²) in [6.07, 6.45) is 3.55. The molecule has 2 rings (SSSR count). The van der Waals surface area contributed by atoms with Gasteiger partial charge in [0, 0.05) is 38.7 Å². The first-order valence-electron chi connectivity index (χ1n) is 6.12. The van der Waals surface area contributed by atoms with Crippen LogP contribution in [0.15, 0.2) is 30.6 Å². The third-order valence-corrected chi connectivity index (χ3v) is 2.88. The van der Waals surface area contributed by atoms with Crippen LogP contribution in [0.1, 0.15) is 5.56 Å². The quantitative estimate of drug-likeness (QED) is 0.818. The Kier molecular flexibility index (Phi) is 5.09. The average molecular weight is 294 g/mol. The van der Waals surface area contributed by atoms with E-state index in [1.165, 1.54) is 0 Å². The van der Waals surface area contributed by atoms with E-state index in [1.807, 2.05) is 23.2 Å². The number of aromatic nitrogens is 3. The minimum atomic E-state index is 0.154. The molecule has 2 aromatic rings. The molecule has 0 aliphatic heterocycles. The van der Waals surface area contributed by atoms with Crippen molar-refractivity contribution in [3.63, 3.8) is 0 Å². The van der Waals surface area contributed by atoms with Crippen molar-refractivity contribution < 1.29 is 4.74 Å². The predicted molar refractivity (Wildman–Crippen MR) is 78.6 cm³/mol. The fourth-order valence-electron chi connectivity index (χ4n) is 1.77. The number of nitrogen functional groups attached to an aromatic ring is 1. The number of ether oxygens (including phenoxy) is 1. The van der Waals surface area contributed by atoms with Crippen LogP contribution < -0.4 is 10.6 Å². The van der Waals surface area contributed by atoms with E-state index in [0.717, 1.165) is 5.56 Å². The highest BCUT2D eigenvalue weighted by Crippen LogP contribution is 2.19. The van der Waals surface area contributed by atoms with Crippen LogP contribution in [0.25, 0.3) is 0 Å². The summed E-state index contributed by atoms with van der Waals surface area (Å²) in [6.45, 7) is 1.88. The smallest absolute Gasteiger partial charge is 0.223 e. The van der Waals surface area contributed by atoms with Crippen LogP contribution in [-0.4, -0.2) is 35.2 Å². The van der Waals surface area contributed by atoms with E-state index in [0.29, 0.717) is 30.7 Å². The molecule has 0 fully saturated rings. The number of rotatable bonds is 6. The van der Waals surface area contributed by atoms with Gasteiger partial charge in [-0.2, -0.15) is 4.98 Å². The summed E-state index contributed by atoms with van der Waals surface area (Å²) in [6, 6.07) is 5.58. The second-order valence-corrected chi connectivity index (χ2v) is 4.57. The molecule has 0 aliphatic rings. The summed E-state index contributed by atoms with van der Waals surface area (Å²) < 4.78 is 5.13. The average Bonchev–Trinajstić information content (AvgIpc) is 2.43. The first-order valence-corrected chi connectivity index (χ1v) is 6.49. The number of halogens is 1. The Labute approximate surface area is 122 Å². The van der Waals surface area contributed by atoms with Crippen LogP contribution in [0.5, 0.6) is 0 Å². The van der Waals surface area contributed by atoms with Crippen LogP contribution in [0.2, 0.25) is 5.15 Å². The maximum atomic E-state index is 5.93. The second kappa shape index (κ2) is 7.02. The number of hydrogen-bond donors (Lipinski definition) is 1. The number of anilines is 2. The molecule has 2 heterocycles. The molecule has 0 atom stereocenters. The van der Waals surface area contributed by atoms with Crippen molar-refractivity contribution in [2.24, 2.45) is 0 Å². The van der Waals surface area contributed by atoms with E-state index < -0.39 is 0 Å². The van der Waals surface area contributed by atoms with E-state index >= 15 is 0 Å². The number of pyridine rings is 1. The number of nitrogens with zero attached hydrogens (tertiary/aromatic N) is 4. The summed E-state index contributed by atoms with van der Waals surface area (Å²) >= 11 is 5.93. The second-order valence-electron chi connectivity index (χ2n) is 4.18. The molecule has 0 spiro atoms. The van der Waals surface area contributed by atoms with Crippen molar-refractivity contribution in [3.05, 3.63) is 41.3 Å². The van der Waals surface area contributed by atoms with E-state index in [-0.39, 0.29) is 5.95 Å². The van der Waals surface area contributed by atoms with Gasteiger partial charge >= 0.3 is 0 Å². The van der Waals surface area contributed by atoms with Crippen molar-refractivity contribution in [2.45, 2.75) is 6.54 Å². The van der Waals surface area contributed by atoms with Crippen molar-refractivity contribution in [1.82, 2.24) is 15.0 Å². The Morgan fingerprint density at radius 3 is 2.90 bits per heavy atom. The Hall–Kier alpha value is -1.92. The monoisotopic (exact) mass is 293 g/mol. The first kappa shape index (κ1) is 14.5. The highest BCUT2D eigenvalue weighted by Gasteiger charge is 2.11. The van der Waals surface area contributed by atoms with Gasteiger partial charge in [0.1, 0.15) is 11.0 Å². The molecule has 7 heteroatoms. The zero-order valence-corrected chi connectivity index (χ0v) is 11.9. The van der Waals surface area contributed by atoms with Crippen LogP contribution >= 0.6 is 11.6 Å². The lowest BCUT2D eigenvalue weighted by atomic mass is 10.2. The molecule has 0 unspecified atom stereocenters. The highest BCUT2D eigenvalue weighted by molar-refractivity contribution is 6.29. The highest BCUT2D eigenvalue weighted by atomic mass is 35.5. The Bertz CT molecular complexity index is 531. The Morgan fingerprint density at radius 1 is 1.40 bits per heavy atom. The van der Waals surface area contributed by atoms with Crippen LogP contribution in [0, 0.1) is 0 Å². The molecule has 106 valence electrons. The molecule has 0 amide bonds. The largest absolute Gasteiger partial charge is 0.383 e. The Morgan fingerprint density at radius 2 is 2.25 bits per heavy atom. The third-order valence-electron chi connectivity index (χ3n) is 2.68. The molecule has 2 N–H and O–H groups in total. The van der Waals surface area contributed by atoms with E-state index in [2.05, 4.69) is 15.0 Å². The van der Waals surface area contributed by atoms with Gasteiger partial charge in [-0.15, -0.1) is 0 Å².